The van der Waals surface area contributed by atoms with Gasteiger partial charge >= 0.3 is 0 Å². The first kappa shape index (κ1) is 11.7. The smallest absolute Gasteiger partial charge is 0.129 e. The van der Waals surface area contributed by atoms with Gasteiger partial charge < -0.3 is 20.9 Å². The van der Waals surface area contributed by atoms with Crippen molar-refractivity contribution in [2.24, 2.45) is 0 Å². The number of nitrogen functional groups attached to an aromatic ring is 1. The molecular weight excluding hydrogens is 194 g/mol. The van der Waals surface area contributed by atoms with Crippen LogP contribution in [0.4, 0.5) is 11.5 Å². The minimum Gasteiger partial charge on any atom is -0.397 e. The normalized spacial score (nSPS) is 10.3. The average molecular weight is 211 g/mol. The van der Waals surface area contributed by atoms with Crippen LogP contribution in [0.3, 0.4) is 0 Å². The molecule has 84 valence electrons. The molecule has 0 saturated heterocycles. The van der Waals surface area contributed by atoms with Gasteiger partial charge in [-0.25, -0.2) is 4.98 Å². The lowest BCUT2D eigenvalue weighted by Crippen LogP contribution is -2.12. The summed E-state index contributed by atoms with van der Waals surface area (Å²) in [7, 11) is 0. The van der Waals surface area contributed by atoms with Gasteiger partial charge in [-0.15, -0.1) is 0 Å². The molecule has 1 heterocycles. The Kier molecular flexibility index (Phi) is 4.86. The minimum atomic E-state index is 0.0547. The molecule has 0 saturated carbocycles. The van der Waals surface area contributed by atoms with Crippen molar-refractivity contribution in [1.82, 2.24) is 4.98 Å². The highest BCUT2D eigenvalue weighted by atomic mass is 16.5. The summed E-state index contributed by atoms with van der Waals surface area (Å²) in [5, 5.41) is 11.6. The van der Waals surface area contributed by atoms with Crippen molar-refractivity contribution in [3.63, 3.8) is 0 Å². The van der Waals surface area contributed by atoms with Crippen molar-refractivity contribution < 1.29 is 9.84 Å². The predicted molar refractivity (Wildman–Crippen MR) is 59.8 cm³/mol. The van der Waals surface area contributed by atoms with Crippen molar-refractivity contribution in [2.75, 3.05) is 37.4 Å². The van der Waals surface area contributed by atoms with Gasteiger partial charge in [-0.05, 0) is 18.6 Å². The van der Waals surface area contributed by atoms with E-state index >= 15 is 0 Å². The number of aromatic nitrogens is 1. The molecule has 0 atom stereocenters. The second-order valence-electron chi connectivity index (χ2n) is 3.20. The Labute approximate surface area is 89.3 Å². The van der Waals surface area contributed by atoms with E-state index in [1.165, 1.54) is 0 Å². The molecule has 0 spiro atoms. The van der Waals surface area contributed by atoms with Crippen LogP contribution in [-0.2, 0) is 4.74 Å². The second kappa shape index (κ2) is 6.21. The molecule has 1 rings (SSSR count). The Bertz CT molecular complexity index is 305. The van der Waals surface area contributed by atoms with E-state index in [2.05, 4.69) is 10.3 Å². The molecule has 15 heavy (non-hydrogen) atoms. The topological polar surface area (TPSA) is 80.4 Å². The van der Waals surface area contributed by atoms with E-state index in [4.69, 9.17) is 15.6 Å². The van der Waals surface area contributed by atoms with Gasteiger partial charge in [-0.3, -0.25) is 0 Å². The molecule has 5 nitrogen and oxygen atoms in total. The highest BCUT2D eigenvalue weighted by molar-refractivity contribution is 5.50. The van der Waals surface area contributed by atoms with Crippen LogP contribution < -0.4 is 11.1 Å². The zero-order chi connectivity index (χ0) is 11.1. The molecule has 4 N–H and O–H groups in total. The number of rotatable bonds is 6. The van der Waals surface area contributed by atoms with Crippen LogP contribution in [0.5, 0.6) is 0 Å². The Morgan fingerprint density at radius 3 is 3.00 bits per heavy atom. The van der Waals surface area contributed by atoms with Crippen LogP contribution >= 0.6 is 0 Å². The zero-order valence-electron chi connectivity index (χ0n) is 8.86. The third-order valence-electron chi connectivity index (χ3n) is 1.87. The van der Waals surface area contributed by atoms with Crippen LogP contribution in [0.25, 0.3) is 0 Å². The highest BCUT2D eigenvalue weighted by Crippen LogP contribution is 2.13. The number of nitrogens with one attached hydrogen (secondary N) is 1. The lowest BCUT2D eigenvalue weighted by atomic mass is 10.2. The minimum absolute atomic E-state index is 0.0547. The maximum absolute atomic E-state index is 8.49. The molecule has 0 unspecified atom stereocenters. The maximum Gasteiger partial charge on any atom is 0.129 e. The fourth-order valence-corrected chi connectivity index (χ4v) is 1.19. The van der Waals surface area contributed by atoms with E-state index in [1.54, 1.807) is 6.20 Å². The molecule has 1 aromatic rings. The molecular formula is C10H17N3O2. The summed E-state index contributed by atoms with van der Waals surface area (Å²) in [6.07, 6.45) is 1.61. The quantitative estimate of drug-likeness (QED) is 0.593. The van der Waals surface area contributed by atoms with E-state index in [9.17, 15) is 0 Å². The molecule has 0 fully saturated rings. The van der Waals surface area contributed by atoms with Gasteiger partial charge in [0.15, 0.2) is 0 Å². The molecule has 0 aliphatic carbocycles. The van der Waals surface area contributed by atoms with E-state index < -0.39 is 0 Å². The summed E-state index contributed by atoms with van der Waals surface area (Å²) < 4.78 is 5.10. The summed E-state index contributed by atoms with van der Waals surface area (Å²) in [5.41, 5.74) is 7.25. The van der Waals surface area contributed by atoms with Gasteiger partial charge in [0.25, 0.3) is 0 Å². The number of ether oxygens (including phenoxy) is 1. The Hall–Kier alpha value is -1.33. The highest BCUT2D eigenvalue weighted by Gasteiger charge is 1.98. The number of nitrogens with two attached hydrogens (primary N) is 1. The summed E-state index contributed by atoms with van der Waals surface area (Å²) in [5.74, 6) is 0.816. The van der Waals surface area contributed by atoms with E-state index in [0.717, 1.165) is 11.4 Å². The second-order valence-corrected chi connectivity index (χ2v) is 3.20. The number of aliphatic hydroxyl groups excluding tert-OH is 1. The largest absolute Gasteiger partial charge is 0.397 e. The first-order valence-corrected chi connectivity index (χ1v) is 4.88. The Morgan fingerprint density at radius 2 is 2.33 bits per heavy atom. The molecule has 0 aliphatic rings. The van der Waals surface area contributed by atoms with Crippen molar-refractivity contribution in [1.29, 1.82) is 0 Å². The van der Waals surface area contributed by atoms with Gasteiger partial charge in [-0.1, -0.05) is 0 Å². The number of anilines is 2. The van der Waals surface area contributed by atoms with E-state index in [-0.39, 0.29) is 6.61 Å². The summed E-state index contributed by atoms with van der Waals surface area (Å²) in [4.78, 5) is 4.15. The average Bonchev–Trinajstić information content (AvgIpc) is 2.20. The molecule has 0 aliphatic heterocycles. The van der Waals surface area contributed by atoms with Crippen LogP contribution in [-0.4, -0.2) is 36.5 Å². The van der Waals surface area contributed by atoms with Gasteiger partial charge in [0.1, 0.15) is 5.82 Å². The molecule has 1 aromatic heterocycles. The SMILES string of the molecule is Cc1cc(N)cnc1NCCOCCO. The standard InChI is InChI=1S/C10H17N3O2/c1-8-6-9(11)7-13-10(8)12-2-4-15-5-3-14/h6-7,14H,2-5,11H2,1H3,(H,12,13). The summed E-state index contributed by atoms with van der Waals surface area (Å²) in [6, 6.07) is 1.86. The third kappa shape index (κ3) is 4.14. The fourth-order valence-electron chi connectivity index (χ4n) is 1.19. The van der Waals surface area contributed by atoms with Crippen molar-refractivity contribution >= 4 is 11.5 Å². The predicted octanol–water partition coefficient (Wildman–Crippen LogP) is 0.393. The lowest BCUT2D eigenvalue weighted by Gasteiger charge is -2.08. The Morgan fingerprint density at radius 1 is 1.53 bits per heavy atom. The lowest BCUT2D eigenvalue weighted by molar-refractivity contribution is 0.0992. The number of pyridine rings is 1. The van der Waals surface area contributed by atoms with Gasteiger partial charge in [0, 0.05) is 6.54 Å². The molecule has 0 amide bonds. The van der Waals surface area contributed by atoms with E-state index in [0.29, 0.717) is 25.4 Å². The van der Waals surface area contributed by atoms with E-state index in [1.807, 2.05) is 13.0 Å². The Balaban J connectivity index is 2.31. The number of hydrogen-bond acceptors (Lipinski definition) is 5. The van der Waals surface area contributed by atoms with Gasteiger partial charge in [-0.2, -0.15) is 0 Å². The molecule has 0 radical (unpaired) electrons. The first-order valence-electron chi connectivity index (χ1n) is 4.88. The number of hydrogen-bond donors (Lipinski definition) is 3. The summed E-state index contributed by atoms with van der Waals surface area (Å²) in [6.45, 7) is 3.58. The molecule has 0 bridgehead atoms. The van der Waals surface area contributed by atoms with Crippen LogP contribution in [0.15, 0.2) is 12.3 Å². The van der Waals surface area contributed by atoms with Crippen molar-refractivity contribution in [3.8, 4) is 0 Å². The number of nitrogens with zero attached hydrogens (tertiary/aromatic N) is 1. The fraction of sp³-hybridized carbons (Fsp3) is 0.500. The summed E-state index contributed by atoms with van der Waals surface area (Å²) >= 11 is 0. The van der Waals surface area contributed by atoms with Crippen LogP contribution in [0, 0.1) is 6.92 Å². The molecule has 0 aromatic carbocycles. The van der Waals surface area contributed by atoms with Crippen LogP contribution in [0.1, 0.15) is 5.56 Å². The van der Waals surface area contributed by atoms with Gasteiger partial charge in [0.2, 0.25) is 0 Å². The van der Waals surface area contributed by atoms with Crippen molar-refractivity contribution in [2.45, 2.75) is 6.92 Å². The monoisotopic (exact) mass is 211 g/mol. The van der Waals surface area contributed by atoms with Crippen LogP contribution in [0.2, 0.25) is 0 Å². The molecule has 5 heteroatoms. The van der Waals surface area contributed by atoms with Crippen molar-refractivity contribution in [3.05, 3.63) is 17.8 Å². The number of aryl methyl sites for hydroxylation is 1. The first-order chi connectivity index (χ1) is 7.24. The number of aliphatic hydroxyl groups is 1. The third-order valence-corrected chi connectivity index (χ3v) is 1.87. The zero-order valence-corrected chi connectivity index (χ0v) is 8.86. The van der Waals surface area contributed by atoms with Gasteiger partial charge in [0.05, 0.1) is 31.7 Å². The maximum atomic E-state index is 8.49.